The molecule has 0 unspecified atom stereocenters. The quantitative estimate of drug-likeness (QED) is 0.667. The molecule has 118 valence electrons. The summed E-state index contributed by atoms with van der Waals surface area (Å²) in [5, 5.41) is 0. The number of hydrogen-bond donors (Lipinski definition) is 1. The third kappa shape index (κ3) is 4.91. The van der Waals surface area contributed by atoms with Crippen LogP contribution in [-0.2, 0) is 0 Å². The Kier molecular flexibility index (Phi) is 5.57. The molecule has 1 amide bonds. The maximum absolute atomic E-state index is 13.3. The second kappa shape index (κ2) is 6.78. The normalized spacial score (nSPS) is 11.8. The molecule has 0 bridgehead atoms. The molecule has 1 rings (SSSR count). The minimum absolute atomic E-state index is 0.00476. The van der Waals surface area contributed by atoms with Gasteiger partial charge in [0.05, 0.1) is 0 Å². The summed E-state index contributed by atoms with van der Waals surface area (Å²) in [4.78, 5) is 13.0. The van der Waals surface area contributed by atoms with Crippen LogP contribution in [0.5, 0.6) is 0 Å². The molecule has 0 saturated carbocycles. The van der Waals surface area contributed by atoms with E-state index in [4.69, 9.17) is 5.73 Å². The van der Waals surface area contributed by atoms with Crippen LogP contribution < -0.4 is 5.73 Å². The number of alkyl halides is 3. The fraction of sp³-hybridized carbons (Fsp3) is 0.500. The molecule has 1 aromatic rings. The number of amides is 1. The highest BCUT2D eigenvalue weighted by Crippen LogP contribution is 2.23. The fourth-order valence-corrected chi connectivity index (χ4v) is 2.19. The summed E-state index contributed by atoms with van der Waals surface area (Å²) in [7, 11) is 0. The lowest BCUT2D eigenvalue weighted by molar-refractivity contribution is -0.144. The first-order valence-electron chi connectivity index (χ1n) is 6.61. The number of carbonyl (C=O) groups excluding carboxylic acids is 1. The Morgan fingerprint density at radius 2 is 1.81 bits per heavy atom. The average Bonchev–Trinajstić information content (AvgIpc) is 2.35. The highest BCUT2D eigenvalue weighted by atomic mass is 19.4. The molecule has 0 aliphatic carbocycles. The molecule has 0 radical (unpaired) electrons. The molecule has 0 aliphatic rings. The van der Waals surface area contributed by atoms with Crippen LogP contribution in [0.4, 0.5) is 23.2 Å². The van der Waals surface area contributed by atoms with Crippen molar-refractivity contribution in [2.45, 2.75) is 38.9 Å². The van der Waals surface area contributed by atoms with E-state index in [1.165, 1.54) is 6.07 Å². The smallest absolute Gasteiger partial charge is 0.399 e. The van der Waals surface area contributed by atoms with E-state index in [0.717, 1.165) is 17.0 Å². The van der Waals surface area contributed by atoms with E-state index < -0.39 is 30.5 Å². The van der Waals surface area contributed by atoms with Gasteiger partial charge < -0.3 is 10.6 Å². The van der Waals surface area contributed by atoms with Crippen LogP contribution in [0.25, 0.3) is 0 Å². The van der Waals surface area contributed by atoms with Crippen LogP contribution in [0.3, 0.4) is 0 Å². The van der Waals surface area contributed by atoms with E-state index in [1.807, 2.05) is 0 Å². The number of anilines is 1. The second-order valence-corrected chi connectivity index (χ2v) is 4.79. The van der Waals surface area contributed by atoms with Crippen molar-refractivity contribution in [3.8, 4) is 0 Å². The maximum Gasteiger partial charge on any atom is 0.406 e. The number of nitrogen functional groups attached to an aromatic ring is 1. The largest absolute Gasteiger partial charge is 0.406 e. The van der Waals surface area contributed by atoms with Gasteiger partial charge in [0.2, 0.25) is 0 Å². The number of hydrogen-bond acceptors (Lipinski definition) is 2. The zero-order valence-electron chi connectivity index (χ0n) is 11.9. The van der Waals surface area contributed by atoms with Crippen molar-refractivity contribution in [2.75, 3.05) is 12.3 Å². The van der Waals surface area contributed by atoms with E-state index in [2.05, 4.69) is 0 Å². The third-order valence-corrected chi connectivity index (χ3v) is 3.16. The molecule has 7 heteroatoms. The molecule has 0 aliphatic heterocycles. The first-order valence-corrected chi connectivity index (χ1v) is 6.61. The number of carbonyl (C=O) groups is 1. The van der Waals surface area contributed by atoms with Crippen molar-refractivity contribution in [1.29, 1.82) is 0 Å². The number of nitrogens with two attached hydrogens (primary N) is 1. The van der Waals surface area contributed by atoms with Crippen molar-refractivity contribution in [3.63, 3.8) is 0 Å². The Hall–Kier alpha value is -1.79. The minimum atomic E-state index is -4.52. The van der Waals surface area contributed by atoms with Crippen molar-refractivity contribution in [1.82, 2.24) is 4.90 Å². The molecule has 0 aromatic heterocycles. The molecule has 2 N–H and O–H groups in total. The minimum Gasteiger partial charge on any atom is -0.399 e. The lowest BCUT2D eigenvalue weighted by Crippen LogP contribution is -2.45. The maximum atomic E-state index is 13.3. The van der Waals surface area contributed by atoms with Gasteiger partial charge in [-0.1, -0.05) is 13.8 Å². The SMILES string of the molecule is CCC(CC)N(CC(F)(F)F)C(=O)c1cc(N)cc(F)c1. The monoisotopic (exact) mass is 306 g/mol. The van der Waals surface area contributed by atoms with Crippen molar-refractivity contribution in [2.24, 2.45) is 0 Å². The van der Waals surface area contributed by atoms with Gasteiger partial charge in [0.25, 0.3) is 5.91 Å². The fourth-order valence-electron chi connectivity index (χ4n) is 2.19. The van der Waals surface area contributed by atoms with Gasteiger partial charge in [-0.2, -0.15) is 13.2 Å². The standard InChI is InChI=1S/C14H18F4N2O/c1-3-12(4-2)20(8-14(16,17)18)13(21)9-5-10(15)7-11(19)6-9/h5-7,12H,3-4,8,19H2,1-2H3. The lowest BCUT2D eigenvalue weighted by atomic mass is 10.1. The molecule has 0 spiro atoms. The average molecular weight is 306 g/mol. The number of rotatable bonds is 5. The van der Waals surface area contributed by atoms with Gasteiger partial charge in [0.15, 0.2) is 0 Å². The summed E-state index contributed by atoms with van der Waals surface area (Å²) in [6, 6.07) is 2.51. The molecule has 0 fully saturated rings. The molecular weight excluding hydrogens is 288 g/mol. The Morgan fingerprint density at radius 3 is 2.24 bits per heavy atom. The first-order chi connectivity index (χ1) is 9.67. The van der Waals surface area contributed by atoms with Crippen LogP contribution in [0, 0.1) is 5.82 Å². The van der Waals surface area contributed by atoms with Crippen LogP contribution in [0.15, 0.2) is 18.2 Å². The van der Waals surface area contributed by atoms with Crippen molar-refractivity contribution >= 4 is 11.6 Å². The van der Waals surface area contributed by atoms with Gasteiger partial charge >= 0.3 is 6.18 Å². The Labute approximate surface area is 120 Å². The number of benzene rings is 1. The van der Waals surface area contributed by atoms with Crippen LogP contribution in [-0.4, -0.2) is 29.6 Å². The summed E-state index contributed by atoms with van der Waals surface area (Å²) >= 11 is 0. The summed E-state index contributed by atoms with van der Waals surface area (Å²) in [6.45, 7) is 2.03. The van der Waals surface area contributed by atoms with E-state index >= 15 is 0 Å². The Balaban J connectivity index is 3.14. The highest BCUT2D eigenvalue weighted by Gasteiger charge is 2.36. The predicted octanol–water partition coefficient (Wildman–Crippen LogP) is 3.60. The van der Waals surface area contributed by atoms with Gasteiger partial charge in [-0.15, -0.1) is 0 Å². The number of halogens is 4. The van der Waals surface area contributed by atoms with Crippen LogP contribution in [0.2, 0.25) is 0 Å². The zero-order chi connectivity index (χ0) is 16.2. The molecule has 3 nitrogen and oxygen atoms in total. The van der Waals surface area contributed by atoms with Gasteiger partial charge in [-0.3, -0.25) is 4.79 Å². The predicted molar refractivity (Wildman–Crippen MR) is 72.3 cm³/mol. The Bertz CT molecular complexity index is 478. The van der Waals surface area contributed by atoms with E-state index in [-0.39, 0.29) is 11.3 Å². The van der Waals surface area contributed by atoms with E-state index in [0.29, 0.717) is 12.8 Å². The topological polar surface area (TPSA) is 46.3 Å². The van der Waals surface area contributed by atoms with Gasteiger partial charge in [-0.05, 0) is 31.0 Å². The second-order valence-electron chi connectivity index (χ2n) is 4.79. The van der Waals surface area contributed by atoms with Crippen molar-refractivity contribution < 1.29 is 22.4 Å². The third-order valence-electron chi connectivity index (χ3n) is 3.16. The van der Waals surface area contributed by atoms with Gasteiger partial charge in [0, 0.05) is 17.3 Å². The lowest BCUT2D eigenvalue weighted by Gasteiger charge is -2.31. The van der Waals surface area contributed by atoms with Crippen molar-refractivity contribution in [3.05, 3.63) is 29.6 Å². The molecular formula is C14H18F4N2O. The molecule has 0 heterocycles. The zero-order valence-corrected chi connectivity index (χ0v) is 11.9. The molecule has 1 aromatic carbocycles. The van der Waals surface area contributed by atoms with Gasteiger partial charge in [0.1, 0.15) is 12.4 Å². The van der Waals surface area contributed by atoms with Crippen LogP contribution >= 0.6 is 0 Å². The van der Waals surface area contributed by atoms with Gasteiger partial charge in [-0.25, -0.2) is 4.39 Å². The number of nitrogens with zero attached hydrogens (tertiary/aromatic N) is 1. The summed E-state index contributed by atoms with van der Waals surface area (Å²) in [5.74, 6) is -1.62. The summed E-state index contributed by atoms with van der Waals surface area (Å²) in [6.07, 6.45) is -3.76. The summed E-state index contributed by atoms with van der Waals surface area (Å²) < 4.78 is 51.3. The molecule has 0 atom stereocenters. The Morgan fingerprint density at radius 1 is 1.24 bits per heavy atom. The van der Waals surface area contributed by atoms with E-state index in [9.17, 15) is 22.4 Å². The molecule has 0 saturated heterocycles. The van der Waals surface area contributed by atoms with Crippen LogP contribution in [0.1, 0.15) is 37.0 Å². The molecule has 21 heavy (non-hydrogen) atoms. The highest BCUT2D eigenvalue weighted by molar-refractivity contribution is 5.95. The first kappa shape index (κ1) is 17.3. The van der Waals surface area contributed by atoms with E-state index in [1.54, 1.807) is 13.8 Å². The summed E-state index contributed by atoms with van der Waals surface area (Å²) in [5.41, 5.74) is 5.25.